The number of rotatable bonds is 12. The van der Waals surface area contributed by atoms with Crippen molar-refractivity contribution in [2.75, 3.05) is 32.6 Å². The van der Waals surface area contributed by atoms with Gasteiger partial charge in [0.15, 0.2) is 11.5 Å². The summed E-state index contributed by atoms with van der Waals surface area (Å²) in [6, 6.07) is 22.3. The predicted octanol–water partition coefficient (Wildman–Crippen LogP) is 5.48. The molecule has 6 nitrogen and oxygen atoms in total. The number of nitrogens with zero attached hydrogens (tertiary/aromatic N) is 1. The highest BCUT2D eigenvalue weighted by molar-refractivity contribution is 7.13. The Labute approximate surface area is 198 Å². The van der Waals surface area contributed by atoms with Gasteiger partial charge in [0.25, 0.3) is 0 Å². The van der Waals surface area contributed by atoms with Gasteiger partial charge in [0.05, 0.1) is 18.9 Å². The van der Waals surface area contributed by atoms with E-state index >= 15 is 0 Å². The summed E-state index contributed by atoms with van der Waals surface area (Å²) in [6.07, 6.45) is 0.972. The Morgan fingerprint density at radius 1 is 0.848 bits per heavy atom. The molecule has 7 heteroatoms. The fourth-order valence-electron chi connectivity index (χ4n) is 3.57. The van der Waals surface area contributed by atoms with Crippen molar-refractivity contribution in [3.63, 3.8) is 0 Å². The quantitative estimate of drug-likeness (QED) is 0.271. The molecular formula is C26H29N3O3S. The van der Waals surface area contributed by atoms with Crippen LogP contribution in [0.15, 0.2) is 66.7 Å². The normalized spacial score (nSPS) is 10.8. The van der Waals surface area contributed by atoms with Gasteiger partial charge in [-0.1, -0.05) is 42.5 Å². The number of ether oxygens (including phenoxy) is 3. The van der Waals surface area contributed by atoms with E-state index in [2.05, 4.69) is 39.3 Å². The summed E-state index contributed by atoms with van der Waals surface area (Å²) < 4.78 is 22.8. The molecule has 2 N–H and O–H groups in total. The van der Waals surface area contributed by atoms with Crippen molar-refractivity contribution in [3.8, 4) is 17.2 Å². The Hall–Kier alpha value is -3.29. The molecule has 0 spiro atoms. The second-order valence-corrected chi connectivity index (χ2v) is 8.38. The van der Waals surface area contributed by atoms with E-state index in [1.54, 1.807) is 14.2 Å². The van der Waals surface area contributed by atoms with Crippen LogP contribution in [-0.2, 0) is 13.2 Å². The number of nitrogens with one attached hydrogen (secondary N) is 2. The second kappa shape index (κ2) is 11.5. The number of aromatic nitrogens is 1. The third kappa shape index (κ3) is 5.94. The molecule has 4 rings (SSSR count). The SMILES string of the molecule is COc1cc(CNCCCNc2nsc3ccccc23)c(OCc2ccccc2)cc1OC. The fourth-order valence-corrected chi connectivity index (χ4v) is 4.32. The number of hydrogen-bond acceptors (Lipinski definition) is 7. The van der Waals surface area contributed by atoms with Crippen molar-refractivity contribution in [3.05, 3.63) is 77.9 Å². The van der Waals surface area contributed by atoms with Crippen molar-refractivity contribution in [1.29, 1.82) is 0 Å². The Bertz CT molecular complexity index is 1160. The van der Waals surface area contributed by atoms with Crippen LogP contribution in [0.4, 0.5) is 5.82 Å². The zero-order valence-electron chi connectivity index (χ0n) is 19.0. The molecule has 4 aromatic rings. The highest BCUT2D eigenvalue weighted by Crippen LogP contribution is 2.35. The predicted molar refractivity (Wildman–Crippen MR) is 135 cm³/mol. The Balaban J connectivity index is 1.32. The van der Waals surface area contributed by atoms with Gasteiger partial charge in [0, 0.05) is 30.1 Å². The summed E-state index contributed by atoms with van der Waals surface area (Å²) in [5, 5.41) is 8.14. The van der Waals surface area contributed by atoms with Gasteiger partial charge in [-0.2, -0.15) is 4.37 Å². The molecule has 0 aliphatic carbocycles. The molecule has 0 radical (unpaired) electrons. The highest BCUT2D eigenvalue weighted by Gasteiger charge is 2.13. The summed E-state index contributed by atoms with van der Waals surface area (Å²) in [4.78, 5) is 0. The molecule has 0 aliphatic heterocycles. The van der Waals surface area contributed by atoms with Crippen LogP contribution in [0.3, 0.4) is 0 Å². The maximum absolute atomic E-state index is 6.14. The van der Waals surface area contributed by atoms with E-state index in [0.29, 0.717) is 24.7 Å². The van der Waals surface area contributed by atoms with E-state index in [-0.39, 0.29) is 0 Å². The molecule has 3 aromatic carbocycles. The van der Waals surface area contributed by atoms with E-state index in [1.165, 1.54) is 21.6 Å². The van der Waals surface area contributed by atoms with Gasteiger partial charge in [0.2, 0.25) is 0 Å². The standard InChI is InChI=1S/C26H29N3O3S/c1-30-23-15-20(22(16-24(23)31-2)32-18-19-9-4-3-5-10-19)17-27-13-8-14-28-26-21-11-6-7-12-25(21)33-29-26/h3-7,9-12,15-16,27H,8,13-14,17-18H2,1-2H3,(H,28,29). The summed E-state index contributed by atoms with van der Waals surface area (Å²) in [7, 11) is 3.28. The van der Waals surface area contributed by atoms with Crippen LogP contribution in [0.25, 0.3) is 10.1 Å². The summed E-state index contributed by atoms with van der Waals surface area (Å²) in [5.74, 6) is 3.10. The van der Waals surface area contributed by atoms with Gasteiger partial charge in [-0.25, -0.2) is 0 Å². The van der Waals surface area contributed by atoms with Gasteiger partial charge in [0.1, 0.15) is 18.2 Å². The van der Waals surface area contributed by atoms with Crippen molar-refractivity contribution in [1.82, 2.24) is 9.69 Å². The first kappa shape index (κ1) is 22.9. The number of anilines is 1. The van der Waals surface area contributed by atoms with Gasteiger partial charge < -0.3 is 24.8 Å². The molecule has 1 aromatic heterocycles. The van der Waals surface area contributed by atoms with Crippen LogP contribution in [0.2, 0.25) is 0 Å². The smallest absolute Gasteiger partial charge is 0.164 e. The van der Waals surface area contributed by atoms with Crippen molar-refractivity contribution >= 4 is 27.4 Å². The molecule has 0 aliphatic rings. The van der Waals surface area contributed by atoms with E-state index in [4.69, 9.17) is 14.2 Å². The first-order valence-corrected chi connectivity index (χ1v) is 11.8. The molecule has 0 fully saturated rings. The Kier molecular flexibility index (Phi) is 8.00. The average Bonchev–Trinajstić information content (AvgIpc) is 3.28. The molecule has 1 heterocycles. The van der Waals surface area contributed by atoms with Gasteiger partial charge in [-0.3, -0.25) is 0 Å². The minimum absolute atomic E-state index is 0.495. The molecule has 33 heavy (non-hydrogen) atoms. The molecule has 0 atom stereocenters. The zero-order chi connectivity index (χ0) is 22.9. The lowest BCUT2D eigenvalue weighted by molar-refractivity contribution is 0.296. The number of hydrogen-bond donors (Lipinski definition) is 2. The lowest BCUT2D eigenvalue weighted by atomic mass is 10.1. The van der Waals surface area contributed by atoms with Gasteiger partial charge in [-0.05, 0) is 48.3 Å². The first-order chi connectivity index (χ1) is 16.3. The topological polar surface area (TPSA) is 64.6 Å². The molecular weight excluding hydrogens is 434 g/mol. The average molecular weight is 464 g/mol. The first-order valence-electron chi connectivity index (χ1n) is 11.0. The van der Waals surface area contributed by atoms with Gasteiger partial charge in [-0.15, -0.1) is 0 Å². The molecule has 0 saturated carbocycles. The van der Waals surface area contributed by atoms with E-state index in [0.717, 1.165) is 42.2 Å². The van der Waals surface area contributed by atoms with Crippen LogP contribution in [0.1, 0.15) is 17.5 Å². The van der Waals surface area contributed by atoms with Crippen molar-refractivity contribution in [2.24, 2.45) is 0 Å². The van der Waals surface area contributed by atoms with Crippen LogP contribution in [-0.4, -0.2) is 31.7 Å². The lowest BCUT2D eigenvalue weighted by Gasteiger charge is -2.16. The lowest BCUT2D eigenvalue weighted by Crippen LogP contribution is -2.18. The number of benzene rings is 3. The van der Waals surface area contributed by atoms with Crippen LogP contribution in [0.5, 0.6) is 17.2 Å². The molecule has 0 saturated heterocycles. The summed E-state index contributed by atoms with van der Waals surface area (Å²) in [5.41, 5.74) is 2.15. The van der Waals surface area contributed by atoms with Crippen LogP contribution >= 0.6 is 11.5 Å². The third-order valence-electron chi connectivity index (χ3n) is 5.32. The maximum Gasteiger partial charge on any atom is 0.164 e. The highest BCUT2D eigenvalue weighted by atomic mass is 32.1. The molecule has 0 amide bonds. The Morgan fingerprint density at radius 2 is 1.61 bits per heavy atom. The fraction of sp³-hybridized carbons (Fsp3) is 0.269. The zero-order valence-corrected chi connectivity index (χ0v) is 19.8. The van der Waals surface area contributed by atoms with Crippen LogP contribution < -0.4 is 24.8 Å². The second-order valence-electron chi connectivity index (χ2n) is 7.57. The summed E-state index contributed by atoms with van der Waals surface area (Å²) in [6.45, 7) is 2.88. The molecule has 172 valence electrons. The van der Waals surface area contributed by atoms with Crippen molar-refractivity contribution in [2.45, 2.75) is 19.6 Å². The minimum Gasteiger partial charge on any atom is -0.493 e. The van der Waals surface area contributed by atoms with E-state index < -0.39 is 0 Å². The largest absolute Gasteiger partial charge is 0.493 e. The van der Waals surface area contributed by atoms with Gasteiger partial charge >= 0.3 is 0 Å². The van der Waals surface area contributed by atoms with E-state index in [9.17, 15) is 0 Å². The van der Waals surface area contributed by atoms with Crippen LogP contribution in [0, 0.1) is 0 Å². The maximum atomic E-state index is 6.14. The third-order valence-corrected chi connectivity index (χ3v) is 6.15. The molecule has 0 unspecified atom stereocenters. The minimum atomic E-state index is 0.495. The Morgan fingerprint density at radius 3 is 2.42 bits per heavy atom. The monoisotopic (exact) mass is 463 g/mol. The summed E-state index contributed by atoms with van der Waals surface area (Å²) >= 11 is 1.53. The van der Waals surface area contributed by atoms with E-state index in [1.807, 2.05) is 42.5 Å². The number of fused-ring (bicyclic) bond motifs is 1. The number of methoxy groups -OCH3 is 2. The van der Waals surface area contributed by atoms with Crippen molar-refractivity contribution < 1.29 is 14.2 Å². The molecule has 0 bridgehead atoms.